The molecule has 2 heterocycles. The van der Waals surface area contributed by atoms with Crippen LogP contribution in [0.25, 0.3) is 0 Å². The number of hydrogen-bond donors (Lipinski definition) is 0. The van der Waals surface area contributed by atoms with Crippen LogP contribution in [-0.4, -0.2) is 62.5 Å². The molecule has 0 N–H and O–H groups in total. The molecule has 1 aromatic carbocycles. The minimum atomic E-state index is -3.56. The molecule has 2 atom stereocenters. The fourth-order valence-electron chi connectivity index (χ4n) is 3.54. The second-order valence-corrected chi connectivity index (χ2v) is 8.97. The van der Waals surface area contributed by atoms with E-state index in [4.69, 9.17) is 0 Å². The molecule has 8 heteroatoms. The van der Waals surface area contributed by atoms with Gasteiger partial charge in [0, 0.05) is 38.7 Å². The van der Waals surface area contributed by atoms with Crippen molar-refractivity contribution in [3.05, 3.63) is 35.6 Å². The van der Waals surface area contributed by atoms with Crippen molar-refractivity contribution in [3.63, 3.8) is 0 Å². The highest BCUT2D eigenvalue weighted by molar-refractivity contribution is 7.91. The lowest BCUT2D eigenvalue weighted by molar-refractivity contribution is -0.135. The predicted octanol–water partition coefficient (Wildman–Crippen LogP) is 0.992. The topological polar surface area (TPSA) is 74.8 Å². The van der Waals surface area contributed by atoms with Crippen LogP contribution in [0.2, 0.25) is 0 Å². The lowest BCUT2D eigenvalue weighted by Gasteiger charge is -2.23. The highest BCUT2D eigenvalue weighted by Crippen LogP contribution is 2.32. The van der Waals surface area contributed by atoms with E-state index >= 15 is 0 Å². The van der Waals surface area contributed by atoms with E-state index in [9.17, 15) is 22.4 Å². The molecule has 0 aromatic heterocycles. The van der Waals surface area contributed by atoms with E-state index in [0.29, 0.717) is 6.54 Å². The Morgan fingerprint density at radius 3 is 2.60 bits per heavy atom. The van der Waals surface area contributed by atoms with Crippen molar-refractivity contribution in [1.82, 2.24) is 9.80 Å². The zero-order valence-corrected chi connectivity index (χ0v) is 14.8. The largest absolute Gasteiger partial charge is 0.345 e. The van der Waals surface area contributed by atoms with Crippen LogP contribution in [0.1, 0.15) is 23.7 Å². The summed E-state index contributed by atoms with van der Waals surface area (Å²) in [5.41, 5.74) is 0.160. The Labute approximate surface area is 146 Å². The summed E-state index contributed by atoms with van der Waals surface area (Å²) < 4.78 is 39.2. The van der Waals surface area contributed by atoms with Gasteiger partial charge in [0.05, 0.1) is 16.9 Å². The molecule has 3 rings (SSSR count). The molecular formula is C17H21FN2O4S. The van der Waals surface area contributed by atoms with Crippen LogP contribution in [-0.2, 0) is 19.4 Å². The zero-order chi connectivity index (χ0) is 18.2. The summed E-state index contributed by atoms with van der Waals surface area (Å²) in [5, 5.41) is -0.945. The van der Waals surface area contributed by atoms with E-state index in [2.05, 4.69) is 0 Å². The van der Waals surface area contributed by atoms with Crippen molar-refractivity contribution < 1.29 is 22.4 Å². The lowest BCUT2D eigenvalue weighted by Crippen LogP contribution is -2.39. The van der Waals surface area contributed by atoms with Crippen LogP contribution < -0.4 is 0 Å². The standard InChI is InChI=1S/C17H21FN2O4S/c1-19-11-12(10-16(19)21)17(22)20-7-6-15(25(23,24)9-8-20)13-4-2-3-5-14(13)18/h2-5,12,15H,6-11H2,1H3. The van der Waals surface area contributed by atoms with Crippen LogP contribution >= 0.6 is 0 Å². The third-order valence-corrected chi connectivity index (χ3v) is 7.10. The van der Waals surface area contributed by atoms with Crippen molar-refractivity contribution in [2.24, 2.45) is 5.92 Å². The van der Waals surface area contributed by atoms with E-state index in [1.54, 1.807) is 13.1 Å². The fraction of sp³-hybridized carbons (Fsp3) is 0.529. The molecule has 0 saturated carbocycles. The Balaban J connectivity index is 1.78. The third-order valence-electron chi connectivity index (χ3n) is 4.99. The van der Waals surface area contributed by atoms with E-state index in [-0.39, 0.29) is 49.1 Å². The molecule has 2 aliphatic rings. The number of likely N-dealkylation sites (tertiary alicyclic amines) is 1. The Hall–Kier alpha value is -1.96. The number of nitrogens with zero attached hydrogens (tertiary/aromatic N) is 2. The van der Waals surface area contributed by atoms with Gasteiger partial charge >= 0.3 is 0 Å². The maximum Gasteiger partial charge on any atom is 0.228 e. The quantitative estimate of drug-likeness (QED) is 0.780. The monoisotopic (exact) mass is 368 g/mol. The van der Waals surface area contributed by atoms with E-state index in [1.807, 2.05) is 0 Å². The van der Waals surface area contributed by atoms with Crippen molar-refractivity contribution in [2.45, 2.75) is 18.1 Å². The Morgan fingerprint density at radius 2 is 1.96 bits per heavy atom. The summed E-state index contributed by atoms with van der Waals surface area (Å²) in [6.45, 7) is 0.684. The van der Waals surface area contributed by atoms with Gasteiger partial charge in [0.1, 0.15) is 5.82 Å². The molecule has 2 amide bonds. The average Bonchev–Trinajstić information content (AvgIpc) is 2.81. The van der Waals surface area contributed by atoms with Crippen molar-refractivity contribution >= 4 is 21.7 Å². The number of carbonyl (C=O) groups excluding carboxylic acids is 2. The summed E-state index contributed by atoms with van der Waals surface area (Å²) in [7, 11) is -1.91. The Morgan fingerprint density at radius 1 is 1.24 bits per heavy atom. The SMILES string of the molecule is CN1CC(C(=O)N2CCC(c3ccccc3F)S(=O)(=O)CC2)CC1=O. The molecule has 0 radical (unpaired) electrons. The Kier molecular flexibility index (Phi) is 4.81. The molecule has 0 bridgehead atoms. The molecule has 0 aliphatic carbocycles. The molecular weight excluding hydrogens is 347 g/mol. The van der Waals surface area contributed by atoms with Gasteiger partial charge in [0.25, 0.3) is 0 Å². The molecule has 2 aliphatic heterocycles. The number of hydrogen-bond acceptors (Lipinski definition) is 4. The van der Waals surface area contributed by atoms with Crippen LogP contribution in [0.4, 0.5) is 4.39 Å². The van der Waals surface area contributed by atoms with Gasteiger partial charge < -0.3 is 9.80 Å². The van der Waals surface area contributed by atoms with Crippen LogP contribution in [0, 0.1) is 11.7 Å². The molecule has 25 heavy (non-hydrogen) atoms. The van der Waals surface area contributed by atoms with Gasteiger partial charge in [-0.05, 0) is 12.5 Å². The predicted molar refractivity (Wildman–Crippen MR) is 89.9 cm³/mol. The molecule has 0 spiro atoms. The molecule has 6 nitrogen and oxygen atoms in total. The maximum atomic E-state index is 14.0. The summed E-state index contributed by atoms with van der Waals surface area (Å²) >= 11 is 0. The van der Waals surface area contributed by atoms with Crippen molar-refractivity contribution in [1.29, 1.82) is 0 Å². The Bertz CT molecular complexity index is 796. The van der Waals surface area contributed by atoms with Crippen LogP contribution in [0.5, 0.6) is 0 Å². The van der Waals surface area contributed by atoms with Gasteiger partial charge in [-0.3, -0.25) is 9.59 Å². The molecule has 1 aromatic rings. The van der Waals surface area contributed by atoms with Crippen LogP contribution in [0.15, 0.2) is 24.3 Å². The van der Waals surface area contributed by atoms with E-state index in [0.717, 1.165) is 0 Å². The number of benzene rings is 1. The average molecular weight is 368 g/mol. The summed E-state index contributed by atoms with van der Waals surface area (Å²) in [6.07, 6.45) is 0.320. The van der Waals surface area contributed by atoms with Gasteiger partial charge in [-0.2, -0.15) is 0 Å². The van der Waals surface area contributed by atoms with Gasteiger partial charge in [0.2, 0.25) is 11.8 Å². The highest BCUT2D eigenvalue weighted by atomic mass is 32.2. The number of amides is 2. The summed E-state index contributed by atoms with van der Waals surface area (Å²) in [6, 6.07) is 5.87. The molecule has 2 fully saturated rings. The minimum Gasteiger partial charge on any atom is -0.345 e. The first-order valence-electron chi connectivity index (χ1n) is 8.28. The second kappa shape index (κ2) is 6.74. The smallest absolute Gasteiger partial charge is 0.228 e. The summed E-state index contributed by atoms with van der Waals surface area (Å²) in [4.78, 5) is 27.3. The highest BCUT2D eigenvalue weighted by Gasteiger charge is 2.38. The molecule has 2 saturated heterocycles. The second-order valence-electron chi connectivity index (χ2n) is 6.67. The first kappa shape index (κ1) is 17.8. The van der Waals surface area contributed by atoms with Crippen LogP contribution in [0.3, 0.4) is 0 Å². The maximum absolute atomic E-state index is 14.0. The first-order valence-corrected chi connectivity index (χ1v) is 10.00. The third kappa shape index (κ3) is 3.53. The summed E-state index contributed by atoms with van der Waals surface area (Å²) in [5.74, 6) is -1.44. The number of sulfone groups is 1. The number of halogens is 1. The van der Waals surface area contributed by atoms with Gasteiger partial charge in [-0.25, -0.2) is 12.8 Å². The number of rotatable bonds is 2. The number of carbonyl (C=O) groups is 2. The normalized spacial score (nSPS) is 26.6. The van der Waals surface area contributed by atoms with Gasteiger partial charge in [0.15, 0.2) is 9.84 Å². The zero-order valence-electron chi connectivity index (χ0n) is 14.0. The minimum absolute atomic E-state index is 0.0787. The van der Waals surface area contributed by atoms with Crippen molar-refractivity contribution in [3.8, 4) is 0 Å². The van der Waals surface area contributed by atoms with E-state index < -0.39 is 26.8 Å². The first-order chi connectivity index (χ1) is 11.8. The van der Waals surface area contributed by atoms with Gasteiger partial charge in [-0.1, -0.05) is 18.2 Å². The lowest BCUT2D eigenvalue weighted by atomic mass is 10.1. The molecule has 2 unspecified atom stereocenters. The molecule has 136 valence electrons. The van der Waals surface area contributed by atoms with E-state index in [1.165, 1.54) is 28.0 Å². The fourth-order valence-corrected chi connectivity index (χ4v) is 5.34. The van der Waals surface area contributed by atoms with Crippen molar-refractivity contribution in [2.75, 3.05) is 32.4 Å². The van der Waals surface area contributed by atoms with Gasteiger partial charge in [-0.15, -0.1) is 0 Å².